The molecule has 1 saturated carbocycles. The molecule has 10 heteroatoms. The Kier molecular flexibility index (Phi) is 7.57. The molecule has 0 aromatic heterocycles. The van der Waals surface area contributed by atoms with E-state index < -0.39 is 27.5 Å². The van der Waals surface area contributed by atoms with Crippen LogP contribution in [0.1, 0.15) is 46.4 Å². The molecule has 1 aromatic carbocycles. The Morgan fingerprint density at radius 3 is 1.92 bits per heavy atom. The summed E-state index contributed by atoms with van der Waals surface area (Å²) in [6, 6.07) is 3.56. The first-order chi connectivity index (χ1) is 11.8. The van der Waals surface area contributed by atoms with E-state index in [0.29, 0.717) is 12.8 Å². The molecule has 0 spiro atoms. The molecule has 1 aromatic rings. The van der Waals surface area contributed by atoms with E-state index in [2.05, 4.69) is 14.2 Å². The maximum absolute atomic E-state index is 12.8. The van der Waals surface area contributed by atoms with Crippen molar-refractivity contribution in [2.75, 3.05) is 20.8 Å². The summed E-state index contributed by atoms with van der Waals surface area (Å²) in [6.45, 7) is 0.173. The van der Waals surface area contributed by atoms with E-state index in [1.807, 2.05) is 0 Å². The summed E-state index contributed by atoms with van der Waals surface area (Å²) in [6.07, 6.45) is 3.05. The molecular formula is C16H23ClN2O6S. The van der Waals surface area contributed by atoms with E-state index in [9.17, 15) is 18.0 Å². The van der Waals surface area contributed by atoms with Gasteiger partial charge in [-0.3, -0.25) is 0 Å². The number of sulfonamides is 1. The largest absolute Gasteiger partial charge is 0.465 e. The summed E-state index contributed by atoms with van der Waals surface area (Å²) in [5, 5.41) is 0. The summed E-state index contributed by atoms with van der Waals surface area (Å²) in [5.41, 5.74) is 4.96. The lowest BCUT2D eigenvalue weighted by Crippen LogP contribution is -2.51. The quantitative estimate of drug-likeness (QED) is 0.680. The average molecular weight is 407 g/mol. The number of rotatable bonds is 6. The van der Waals surface area contributed by atoms with Crippen LogP contribution in [-0.2, 0) is 19.5 Å². The summed E-state index contributed by atoms with van der Waals surface area (Å²) in [5.74, 6) is -1.51. The molecule has 1 fully saturated rings. The van der Waals surface area contributed by atoms with Gasteiger partial charge in [-0.05, 0) is 31.0 Å². The Bertz CT molecular complexity index is 741. The molecule has 0 saturated heterocycles. The number of methoxy groups -OCH3 is 2. The Hall–Kier alpha value is -1.68. The van der Waals surface area contributed by atoms with Crippen molar-refractivity contribution in [2.24, 2.45) is 5.73 Å². The van der Waals surface area contributed by atoms with Gasteiger partial charge in [0, 0.05) is 12.1 Å². The smallest absolute Gasteiger partial charge is 0.337 e. The molecule has 3 N–H and O–H groups in total. The highest BCUT2D eigenvalue weighted by molar-refractivity contribution is 7.89. The third kappa shape index (κ3) is 4.73. The molecule has 26 heavy (non-hydrogen) atoms. The zero-order valence-electron chi connectivity index (χ0n) is 14.6. The number of ether oxygens (including phenoxy) is 2. The van der Waals surface area contributed by atoms with Crippen molar-refractivity contribution in [3.8, 4) is 0 Å². The lowest BCUT2D eigenvalue weighted by atomic mass is 10.0. The molecular weight excluding hydrogens is 384 g/mol. The third-order valence-electron chi connectivity index (χ3n) is 4.36. The first-order valence-electron chi connectivity index (χ1n) is 7.83. The Balaban J connectivity index is 0.00000338. The van der Waals surface area contributed by atoms with E-state index in [1.165, 1.54) is 32.4 Å². The van der Waals surface area contributed by atoms with Crippen molar-refractivity contribution in [1.82, 2.24) is 4.72 Å². The van der Waals surface area contributed by atoms with Crippen molar-refractivity contribution >= 4 is 34.4 Å². The van der Waals surface area contributed by atoms with E-state index in [4.69, 9.17) is 5.73 Å². The molecule has 0 atom stereocenters. The summed E-state index contributed by atoms with van der Waals surface area (Å²) < 4.78 is 37.5. The predicted octanol–water partition coefficient (Wildman–Crippen LogP) is 1.23. The Labute approximate surface area is 158 Å². The van der Waals surface area contributed by atoms with Crippen molar-refractivity contribution in [3.05, 3.63) is 29.3 Å². The average Bonchev–Trinajstić information content (AvgIpc) is 3.08. The molecule has 1 aliphatic rings. The molecule has 0 unspecified atom stereocenters. The van der Waals surface area contributed by atoms with Gasteiger partial charge in [0.15, 0.2) is 0 Å². The number of hydrogen-bond donors (Lipinski definition) is 2. The standard InChI is InChI=1S/C16H22N2O6S.ClH/c1-23-14(19)11-7-12(15(20)24-2)9-13(8-11)25(21,22)18-16(10-17)5-3-4-6-16;/h7-9,18H,3-6,10,17H2,1-2H3;1H. The molecule has 0 heterocycles. The van der Waals surface area contributed by atoms with Crippen molar-refractivity contribution in [2.45, 2.75) is 36.1 Å². The minimum absolute atomic E-state index is 0. The van der Waals surface area contributed by atoms with Crippen LogP contribution in [-0.4, -0.2) is 46.7 Å². The van der Waals surface area contributed by atoms with Gasteiger partial charge in [0.25, 0.3) is 0 Å². The van der Waals surface area contributed by atoms with Gasteiger partial charge in [-0.15, -0.1) is 12.4 Å². The van der Waals surface area contributed by atoms with Crippen LogP contribution in [0, 0.1) is 0 Å². The number of esters is 2. The number of nitrogens with two attached hydrogens (primary N) is 1. The van der Waals surface area contributed by atoms with E-state index in [-0.39, 0.29) is 35.0 Å². The number of nitrogens with one attached hydrogen (secondary N) is 1. The van der Waals surface area contributed by atoms with Gasteiger partial charge in [0.05, 0.1) is 30.2 Å². The fraction of sp³-hybridized carbons (Fsp3) is 0.500. The highest BCUT2D eigenvalue weighted by atomic mass is 35.5. The van der Waals surface area contributed by atoms with Crippen LogP contribution >= 0.6 is 12.4 Å². The maximum atomic E-state index is 12.8. The van der Waals surface area contributed by atoms with Gasteiger partial charge in [-0.25, -0.2) is 22.7 Å². The molecule has 8 nitrogen and oxygen atoms in total. The van der Waals surface area contributed by atoms with Crippen molar-refractivity contribution < 1.29 is 27.5 Å². The van der Waals surface area contributed by atoms with Gasteiger partial charge in [-0.1, -0.05) is 12.8 Å². The second-order valence-electron chi connectivity index (χ2n) is 6.03. The molecule has 0 aliphatic heterocycles. The van der Waals surface area contributed by atoms with Gasteiger partial charge >= 0.3 is 11.9 Å². The number of halogens is 1. The molecule has 0 bridgehead atoms. The van der Waals surface area contributed by atoms with E-state index >= 15 is 0 Å². The first kappa shape index (κ1) is 22.4. The van der Waals surface area contributed by atoms with Crippen molar-refractivity contribution in [3.63, 3.8) is 0 Å². The van der Waals surface area contributed by atoms with Gasteiger partial charge in [0.2, 0.25) is 10.0 Å². The highest BCUT2D eigenvalue weighted by Crippen LogP contribution is 2.30. The van der Waals surface area contributed by atoms with Crippen LogP contribution in [0.25, 0.3) is 0 Å². The van der Waals surface area contributed by atoms with Gasteiger partial charge in [-0.2, -0.15) is 0 Å². The third-order valence-corrected chi connectivity index (χ3v) is 5.92. The van der Waals surface area contributed by atoms with Crippen LogP contribution in [0.3, 0.4) is 0 Å². The van der Waals surface area contributed by atoms with Crippen LogP contribution in [0.2, 0.25) is 0 Å². The lowest BCUT2D eigenvalue weighted by Gasteiger charge is -2.28. The SMILES string of the molecule is COC(=O)c1cc(C(=O)OC)cc(S(=O)(=O)NC2(CN)CCCC2)c1.Cl. The number of carbonyl (C=O) groups excluding carboxylic acids is 2. The van der Waals surface area contributed by atoms with Gasteiger partial charge in [0.1, 0.15) is 0 Å². The van der Waals surface area contributed by atoms with Crippen LogP contribution in [0.15, 0.2) is 23.1 Å². The normalized spacial score (nSPS) is 15.8. The monoisotopic (exact) mass is 406 g/mol. The summed E-state index contributed by atoms with van der Waals surface area (Å²) >= 11 is 0. The van der Waals surface area contributed by atoms with Gasteiger partial charge < -0.3 is 15.2 Å². The number of benzene rings is 1. The molecule has 146 valence electrons. The van der Waals surface area contributed by atoms with E-state index in [0.717, 1.165) is 12.8 Å². The van der Waals surface area contributed by atoms with E-state index in [1.54, 1.807) is 0 Å². The predicted molar refractivity (Wildman–Crippen MR) is 96.9 cm³/mol. The fourth-order valence-corrected chi connectivity index (χ4v) is 4.51. The van der Waals surface area contributed by atoms with Crippen LogP contribution < -0.4 is 10.5 Å². The molecule has 0 radical (unpaired) electrons. The highest BCUT2D eigenvalue weighted by Gasteiger charge is 2.37. The Morgan fingerprint density at radius 2 is 1.54 bits per heavy atom. The summed E-state index contributed by atoms with van der Waals surface area (Å²) in [4.78, 5) is 23.4. The number of carbonyl (C=O) groups is 2. The van der Waals surface area contributed by atoms with Crippen LogP contribution in [0.4, 0.5) is 0 Å². The second kappa shape index (κ2) is 8.81. The zero-order chi connectivity index (χ0) is 18.7. The number of hydrogen-bond acceptors (Lipinski definition) is 7. The summed E-state index contributed by atoms with van der Waals surface area (Å²) in [7, 11) is -1.65. The topological polar surface area (TPSA) is 125 Å². The first-order valence-corrected chi connectivity index (χ1v) is 9.31. The van der Waals surface area contributed by atoms with Crippen LogP contribution in [0.5, 0.6) is 0 Å². The molecule has 1 aliphatic carbocycles. The minimum Gasteiger partial charge on any atom is -0.465 e. The second-order valence-corrected chi connectivity index (χ2v) is 7.71. The van der Waals surface area contributed by atoms with Crippen molar-refractivity contribution in [1.29, 1.82) is 0 Å². The zero-order valence-corrected chi connectivity index (χ0v) is 16.2. The molecule has 2 rings (SSSR count). The molecule has 0 amide bonds. The minimum atomic E-state index is -3.99. The Morgan fingerprint density at radius 1 is 1.08 bits per heavy atom. The maximum Gasteiger partial charge on any atom is 0.337 e. The lowest BCUT2D eigenvalue weighted by molar-refractivity contribution is 0.0598. The fourth-order valence-electron chi connectivity index (χ4n) is 2.97.